The van der Waals surface area contributed by atoms with Crippen LogP contribution in [0.4, 0.5) is 0 Å². The van der Waals surface area contributed by atoms with Crippen molar-refractivity contribution in [3.63, 3.8) is 0 Å². The molecule has 1 aromatic carbocycles. The fourth-order valence-electron chi connectivity index (χ4n) is 4.13. The van der Waals surface area contributed by atoms with E-state index in [0.29, 0.717) is 18.5 Å². The van der Waals surface area contributed by atoms with Gasteiger partial charge in [-0.15, -0.1) is 0 Å². The number of piperidine rings is 1. The summed E-state index contributed by atoms with van der Waals surface area (Å²) in [7, 11) is 0. The number of carbonyl (C=O) groups excluding carboxylic acids is 1. The van der Waals surface area contributed by atoms with E-state index >= 15 is 0 Å². The number of hydrogen-bond acceptors (Lipinski definition) is 3. The summed E-state index contributed by atoms with van der Waals surface area (Å²) in [6, 6.07) is 9.48. The summed E-state index contributed by atoms with van der Waals surface area (Å²) in [5, 5.41) is 0. The summed E-state index contributed by atoms with van der Waals surface area (Å²) in [6.07, 6.45) is 7.75. The smallest absolute Gasteiger partial charge is 0.222 e. The fourth-order valence-corrected chi connectivity index (χ4v) is 4.13. The molecular formula is C20H31N3O. The first kappa shape index (κ1) is 17.4. The second-order valence-electron chi connectivity index (χ2n) is 7.25. The molecule has 2 aliphatic heterocycles. The largest absolute Gasteiger partial charge is 0.343 e. The van der Waals surface area contributed by atoms with Crippen LogP contribution < -0.4 is 5.73 Å². The van der Waals surface area contributed by atoms with Gasteiger partial charge in [0.2, 0.25) is 5.91 Å². The predicted molar refractivity (Wildman–Crippen MR) is 97.7 cm³/mol. The van der Waals surface area contributed by atoms with Gasteiger partial charge in [-0.25, -0.2) is 0 Å². The Kier molecular flexibility index (Phi) is 6.27. The predicted octanol–water partition coefficient (Wildman–Crippen LogP) is 2.55. The lowest BCUT2D eigenvalue weighted by Crippen LogP contribution is -2.41. The van der Waals surface area contributed by atoms with E-state index in [9.17, 15) is 4.79 Å². The summed E-state index contributed by atoms with van der Waals surface area (Å²) in [5.41, 5.74) is 8.42. The average Bonchev–Trinajstić information content (AvgIpc) is 3.00. The van der Waals surface area contributed by atoms with Crippen molar-refractivity contribution in [2.24, 2.45) is 5.73 Å². The average molecular weight is 329 g/mol. The summed E-state index contributed by atoms with van der Waals surface area (Å²) in [5.74, 6) is 0.354. The number of hydrogen-bond donors (Lipinski definition) is 1. The van der Waals surface area contributed by atoms with Gasteiger partial charge in [0.25, 0.3) is 0 Å². The van der Waals surface area contributed by atoms with Crippen molar-refractivity contribution >= 4 is 5.91 Å². The van der Waals surface area contributed by atoms with E-state index in [-0.39, 0.29) is 0 Å². The molecule has 2 saturated heterocycles. The number of benzene rings is 1. The van der Waals surface area contributed by atoms with E-state index in [1.165, 1.54) is 36.9 Å². The van der Waals surface area contributed by atoms with Gasteiger partial charge in [0.1, 0.15) is 0 Å². The van der Waals surface area contributed by atoms with Crippen molar-refractivity contribution in [3.05, 3.63) is 35.4 Å². The molecule has 4 nitrogen and oxygen atoms in total. The van der Waals surface area contributed by atoms with Crippen LogP contribution in [-0.4, -0.2) is 47.9 Å². The number of nitrogens with zero attached hydrogens (tertiary/aromatic N) is 2. The van der Waals surface area contributed by atoms with E-state index in [0.717, 1.165) is 45.3 Å². The molecule has 3 rings (SSSR count). The first-order valence-corrected chi connectivity index (χ1v) is 9.56. The highest BCUT2D eigenvalue weighted by Gasteiger charge is 2.25. The molecular weight excluding hydrogens is 298 g/mol. The molecule has 0 radical (unpaired) electrons. The highest BCUT2D eigenvalue weighted by Crippen LogP contribution is 2.23. The van der Waals surface area contributed by atoms with Crippen molar-refractivity contribution in [1.82, 2.24) is 9.80 Å². The van der Waals surface area contributed by atoms with Crippen molar-refractivity contribution < 1.29 is 4.79 Å². The summed E-state index contributed by atoms with van der Waals surface area (Å²) in [4.78, 5) is 16.5. The highest BCUT2D eigenvalue weighted by atomic mass is 16.2. The quantitative estimate of drug-likeness (QED) is 0.836. The fraction of sp³-hybridized carbons (Fsp3) is 0.650. The van der Waals surface area contributed by atoms with E-state index in [2.05, 4.69) is 34.1 Å². The molecule has 4 heteroatoms. The highest BCUT2D eigenvalue weighted by molar-refractivity contribution is 5.77. The number of amides is 1. The monoisotopic (exact) mass is 329 g/mol. The molecule has 1 aromatic rings. The second-order valence-corrected chi connectivity index (χ2v) is 7.25. The molecule has 1 amide bonds. The number of carbonyl (C=O) groups is 1. The van der Waals surface area contributed by atoms with Gasteiger partial charge in [-0.05, 0) is 56.3 Å². The van der Waals surface area contributed by atoms with Crippen LogP contribution in [0.1, 0.15) is 49.7 Å². The van der Waals surface area contributed by atoms with Crippen LogP contribution in [0.25, 0.3) is 0 Å². The topological polar surface area (TPSA) is 49.6 Å². The Morgan fingerprint density at radius 2 is 2.00 bits per heavy atom. The number of likely N-dealkylation sites (tertiary alicyclic amines) is 2. The molecule has 24 heavy (non-hydrogen) atoms. The second kappa shape index (κ2) is 8.63. The maximum Gasteiger partial charge on any atom is 0.222 e. The Balaban J connectivity index is 1.57. The number of rotatable bonds is 7. The van der Waals surface area contributed by atoms with Gasteiger partial charge in [0, 0.05) is 32.1 Å². The Bertz CT molecular complexity index is 545. The van der Waals surface area contributed by atoms with Gasteiger partial charge in [0.15, 0.2) is 0 Å². The Morgan fingerprint density at radius 1 is 1.12 bits per heavy atom. The van der Waals surface area contributed by atoms with Crippen molar-refractivity contribution in [2.75, 3.05) is 26.2 Å². The van der Waals surface area contributed by atoms with Crippen molar-refractivity contribution in [1.29, 1.82) is 0 Å². The molecule has 0 saturated carbocycles. The molecule has 2 N–H and O–H groups in total. The van der Waals surface area contributed by atoms with E-state index in [4.69, 9.17) is 5.73 Å². The Labute approximate surface area is 146 Å². The van der Waals surface area contributed by atoms with E-state index in [1.807, 2.05) is 0 Å². The van der Waals surface area contributed by atoms with Gasteiger partial charge in [-0.3, -0.25) is 9.69 Å². The van der Waals surface area contributed by atoms with Crippen LogP contribution in [0.5, 0.6) is 0 Å². The Hall–Kier alpha value is -1.39. The van der Waals surface area contributed by atoms with Gasteiger partial charge < -0.3 is 10.6 Å². The molecule has 2 heterocycles. The minimum absolute atomic E-state index is 0.354. The first-order valence-electron chi connectivity index (χ1n) is 9.56. The van der Waals surface area contributed by atoms with Crippen LogP contribution in [0.2, 0.25) is 0 Å². The van der Waals surface area contributed by atoms with Crippen LogP contribution in [0, 0.1) is 0 Å². The van der Waals surface area contributed by atoms with Crippen LogP contribution in [0.15, 0.2) is 24.3 Å². The third kappa shape index (κ3) is 4.58. The lowest BCUT2D eigenvalue weighted by Gasteiger charge is -2.36. The zero-order valence-electron chi connectivity index (χ0n) is 14.8. The molecule has 0 unspecified atom stereocenters. The van der Waals surface area contributed by atoms with Gasteiger partial charge in [-0.1, -0.05) is 30.7 Å². The third-order valence-electron chi connectivity index (χ3n) is 5.46. The zero-order chi connectivity index (χ0) is 16.8. The van der Waals surface area contributed by atoms with Crippen molar-refractivity contribution in [3.8, 4) is 0 Å². The number of nitrogens with two attached hydrogens (primary N) is 1. The third-order valence-corrected chi connectivity index (χ3v) is 5.46. The van der Waals surface area contributed by atoms with Crippen LogP contribution >= 0.6 is 0 Å². The summed E-state index contributed by atoms with van der Waals surface area (Å²) in [6.45, 7) is 4.82. The van der Waals surface area contributed by atoms with Gasteiger partial charge in [-0.2, -0.15) is 0 Å². The van der Waals surface area contributed by atoms with Crippen molar-refractivity contribution in [2.45, 2.75) is 57.5 Å². The maximum atomic E-state index is 11.8. The van der Waals surface area contributed by atoms with E-state index < -0.39 is 0 Å². The zero-order valence-corrected chi connectivity index (χ0v) is 14.8. The van der Waals surface area contributed by atoms with Gasteiger partial charge >= 0.3 is 0 Å². The lowest BCUT2D eigenvalue weighted by molar-refractivity contribution is -0.127. The van der Waals surface area contributed by atoms with Crippen LogP contribution in [-0.2, 0) is 17.8 Å². The lowest BCUT2D eigenvalue weighted by atomic mass is 9.97. The molecule has 0 aliphatic carbocycles. The maximum absolute atomic E-state index is 11.8. The molecule has 1 atom stereocenters. The molecule has 2 aliphatic rings. The van der Waals surface area contributed by atoms with Gasteiger partial charge in [0.05, 0.1) is 0 Å². The molecule has 132 valence electrons. The molecule has 2 fully saturated rings. The molecule has 0 spiro atoms. The molecule has 0 bridgehead atoms. The normalized spacial score (nSPS) is 22.3. The van der Waals surface area contributed by atoms with E-state index in [1.54, 1.807) is 0 Å². The SMILES string of the molecule is NCCc1cccc(CN2CCCC[C@H]2CCN2CCCC2=O)c1. The van der Waals surface area contributed by atoms with Crippen LogP contribution in [0.3, 0.4) is 0 Å². The summed E-state index contributed by atoms with van der Waals surface area (Å²) >= 11 is 0. The Morgan fingerprint density at radius 3 is 2.79 bits per heavy atom. The summed E-state index contributed by atoms with van der Waals surface area (Å²) < 4.78 is 0. The minimum atomic E-state index is 0.354. The minimum Gasteiger partial charge on any atom is -0.343 e. The molecule has 0 aromatic heterocycles. The standard InChI is InChI=1S/C20H31N3O/c21-11-9-17-5-3-6-18(15-17)16-23-12-2-1-7-19(23)10-14-22-13-4-8-20(22)24/h3,5-6,15,19H,1-2,4,7-14,16,21H2/t19-/m0/s1. The first-order chi connectivity index (χ1) is 11.8.